The third kappa shape index (κ3) is 1.86. The normalized spacial score (nSPS) is 9.50. The van der Waals surface area contributed by atoms with Gasteiger partial charge in [-0.15, -0.1) is 0 Å². The molecule has 0 aliphatic carbocycles. The van der Waals surface area contributed by atoms with Crippen LogP contribution in [0.25, 0.3) is 0 Å². The van der Waals surface area contributed by atoms with Crippen molar-refractivity contribution in [2.75, 3.05) is 5.73 Å². The van der Waals surface area contributed by atoms with E-state index in [4.69, 9.17) is 5.73 Å². The smallest absolute Gasteiger partial charge is 0.275 e. The number of amides is 1. The molecule has 0 radical (unpaired) electrons. The van der Waals surface area contributed by atoms with Crippen LogP contribution in [0.3, 0.4) is 0 Å². The lowest BCUT2D eigenvalue weighted by atomic mass is 10.2. The first-order chi connectivity index (χ1) is 5.63. The Balaban J connectivity index is 3.03. The van der Waals surface area contributed by atoms with Crippen LogP contribution in [0.2, 0.25) is 0 Å². The van der Waals surface area contributed by atoms with E-state index in [2.05, 4.69) is 25.6 Å². The van der Waals surface area contributed by atoms with Crippen molar-refractivity contribution >= 4 is 37.2 Å². The molecule has 0 atom stereocenters. The summed E-state index contributed by atoms with van der Waals surface area (Å²) in [5, 5.41) is 0. The summed E-state index contributed by atoms with van der Waals surface area (Å²) < 4.78 is 0.895. The van der Waals surface area contributed by atoms with Gasteiger partial charge in [0.2, 0.25) is 0 Å². The molecular weight excluding hydrogens is 192 g/mol. The predicted octanol–water partition coefficient (Wildman–Crippen LogP) is 1.40. The molecule has 0 heterocycles. The van der Waals surface area contributed by atoms with E-state index in [0.717, 1.165) is 3.71 Å². The SMILES string of the molecule is Nc1ccccc1C(=O)N(S)S. The number of nitrogen functional groups attached to an aromatic ring is 1. The lowest BCUT2D eigenvalue weighted by molar-refractivity contribution is 0.0937. The molecular formula is C7H8N2OS2. The predicted molar refractivity (Wildman–Crippen MR) is 55.0 cm³/mol. The van der Waals surface area contributed by atoms with Crippen molar-refractivity contribution < 1.29 is 4.79 Å². The molecule has 0 aliphatic heterocycles. The average Bonchev–Trinajstić information content (AvgIpc) is 2.04. The summed E-state index contributed by atoms with van der Waals surface area (Å²) >= 11 is 7.49. The third-order valence-corrected chi connectivity index (χ3v) is 1.74. The average molecular weight is 200 g/mol. The molecule has 1 amide bonds. The molecule has 5 heteroatoms. The van der Waals surface area contributed by atoms with Crippen molar-refractivity contribution in [3.63, 3.8) is 0 Å². The molecule has 0 aromatic heterocycles. The molecule has 0 aliphatic rings. The second kappa shape index (κ2) is 3.73. The molecule has 0 spiro atoms. The van der Waals surface area contributed by atoms with Gasteiger partial charge in [-0.1, -0.05) is 37.8 Å². The molecule has 64 valence electrons. The topological polar surface area (TPSA) is 46.3 Å². The Morgan fingerprint density at radius 2 is 1.92 bits per heavy atom. The second-order valence-corrected chi connectivity index (χ2v) is 3.30. The van der Waals surface area contributed by atoms with Crippen LogP contribution in [-0.4, -0.2) is 9.62 Å². The van der Waals surface area contributed by atoms with Crippen LogP contribution >= 0.6 is 25.6 Å². The maximum atomic E-state index is 11.3. The van der Waals surface area contributed by atoms with E-state index in [1.807, 2.05) is 0 Å². The molecule has 2 N–H and O–H groups in total. The summed E-state index contributed by atoms with van der Waals surface area (Å²) in [4.78, 5) is 11.3. The van der Waals surface area contributed by atoms with Gasteiger partial charge in [-0.25, -0.2) is 3.71 Å². The highest BCUT2D eigenvalue weighted by molar-refractivity contribution is 7.94. The molecule has 12 heavy (non-hydrogen) atoms. The first-order valence-corrected chi connectivity index (χ1v) is 3.99. The summed E-state index contributed by atoms with van der Waals surface area (Å²) in [5.74, 6) is -0.334. The van der Waals surface area contributed by atoms with Crippen molar-refractivity contribution in [1.82, 2.24) is 3.71 Å². The van der Waals surface area contributed by atoms with E-state index in [9.17, 15) is 4.79 Å². The number of carbonyl (C=O) groups excluding carboxylic acids is 1. The van der Waals surface area contributed by atoms with Gasteiger partial charge in [0.15, 0.2) is 0 Å². The summed E-state index contributed by atoms with van der Waals surface area (Å²) in [7, 11) is 0. The number of hydrogen-bond acceptors (Lipinski definition) is 4. The number of rotatable bonds is 1. The van der Waals surface area contributed by atoms with Gasteiger partial charge >= 0.3 is 0 Å². The maximum Gasteiger partial charge on any atom is 0.275 e. The van der Waals surface area contributed by atoms with E-state index < -0.39 is 0 Å². The number of nitrogens with zero attached hydrogens (tertiary/aromatic N) is 1. The standard InChI is InChI=1S/C7H8N2OS2/c8-6-4-2-1-3-5(6)7(10)9(11)12/h1-4,11-12H,8H2. The van der Waals surface area contributed by atoms with Gasteiger partial charge in [0.25, 0.3) is 5.91 Å². The van der Waals surface area contributed by atoms with Crippen LogP contribution < -0.4 is 5.73 Å². The van der Waals surface area contributed by atoms with E-state index in [1.165, 1.54) is 0 Å². The quantitative estimate of drug-likeness (QED) is 0.474. The van der Waals surface area contributed by atoms with Crippen molar-refractivity contribution in [1.29, 1.82) is 0 Å². The molecule has 0 saturated carbocycles. The fourth-order valence-electron chi connectivity index (χ4n) is 0.800. The molecule has 0 bridgehead atoms. The third-order valence-electron chi connectivity index (χ3n) is 1.37. The maximum absolute atomic E-state index is 11.3. The van der Waals surface area contributed by atoms with E-state index in [-0.39, 0.29) is 5.91 Å². The van der Waals surface area contributed by atoms with Crippen molar-refractivity contribution in [3.05, 3.63) is 29.8 Å². The minimum Gasteiger partial charge on any atom is -0.398 e. The Kier molecular flexibility index (Phi) is 2.88. The Morgan fingerprint density at radius 1 is 1.33 bits per heavy atom. The summed E-state index contributed by atoms with van der Waals surface area (Å²) in [6, 6.07) is 6.76. The molecule has 1 aromatic carbocycles. The number of anilines is 1. The zero-order chi connectivity index (χ0) is 9.14. The number of nitrogens with two attached hydrogens (primary N) is 1. The number of carbonyl (C=O) groups is 1. The van der Waals surface area contributed by atoms with Gasteiger partial charge in [-0.05, 0) is 12.1 Å². The van der Waals surface area contributed by atoms with Crippen LogP contribution in [0.15, 0.2) is 24.3 Å². The number of para-hydroxylation sites is 1. The van der Waals surface area contributed by atoms with Crippen molar-refractivity contribution in [3.8, 4) is 0 Å². The summed E-state index contributed by atoms with van der Waals surface area (Å²) in [5.41, 5.74) is 6.38. The van der Waals surface area contributed by atoms with Crippen molar-refractivity contribution in [2.24, 2.45) is 0 Å². The van der Waals surface area contributed by atoms with Gasteiger partial charge in [0, 0.05) is 5.69 Å². The van der Waals surface area contributed by atoms with Gasteiger partial charge < -0.3 is 5.73 Å². The number of benzene rings is 1. The minimum atomic E-state index is -0.334. The van der Waals surface area contributed by atoms with Crippen LogP contribution in [0.5, 0.6) is 0 Å². The molecule has 1 aromatic rings. The zero-order valence-electron chi connectivity index (χ0n) is 6.14. The largest absolute Gasteiger partial charge is 0.398 e. The molecule has 1 rings (SSSR count). The van der Waals surface area contributed by atoms with Gasteiger partial charge in [-0.3, -0.25) is 4.79 Å². The summed E-state index contributed by atoms with van der Waals surface area (Å²) in [6.07, 6.45) is 0. The van der Waals surface area contributed by atoms with E-state index >= 15 is 0 Å². The molecule has 0 saturated heterocycles. The van der Waals surface area contributed by atoms with Crippen LogP contribution in [0.1, 0.15) is 10.4 Å². The lowest BCUT2D eigenvalue weighted by Gasteiger charge is -2.08. The highest BCUT2D eigenvalue weighted by Gasteiger charge is 2.11. The van der Waals surface area contributed by atoms with Gasteiger partial charge in [0.05, 0.1) is 5.56 Å². The first kappa shape index (κ1) is 9.28. The molecule has 0 unspecified atom stereocenters. The monoisotopic (exact) mass is 200 g/mol. The Labute approximate surface area is 81.6 Å². The first-order valence-electron chi connectivity index (χ1n) is 3.19. The minimum absolute atomic E-state index is 0.334. The second-order valence-electron chi connectivity index (χ2n) is 2.18. The van der Waals surface area contributed by atoms with Gasteiger partial charge in [-0.2, -0.15) is 0 Å². The lowest BCUT2D eigenvalue weighted by Crippen LogP contribution is -2.13. The fourth-order valence-corrected chi connectivity index (χ4v) is 1.01. The Hall–Kier alpha value is -0.810. The van der Waals surface area contributed by atoms with E-state index in [0.29, 0.717) is 11.3 Å². The van der Waals surface area contributed by atoms with Crippen LogP contribution in [0.4, 0.5) is 5.69 Å². The molecule has 3 nitrogen and oxygen atoms in total. The van der Waals surface area contributed by atoms with E-state index in [1.54, 1.807) is 24.3 Å². The fraction of sp³-hybridized carbons (Fsp3) is 0. The summed E-state index contributed by atoms with van der Waals surface area (Å²) in [6.45, 7) is 0. The number of thiol groups is 2. The highest BCUT2D eigenvalue weighted by atomic mass is 32.2. The van der Waals surface area contributed by atoms with Crippen LogP contribution in [-0.2, 0) is 0 Å². The number of hydrogen-bond donors (Lipinski definition) is 3. The Morgan fingerprint density at radius 3 is 2.42 bits per heavy atom. The van der Waals surface area contributed by atoms with Crippen LogP contribution in [0, 0.1) is 0 Å². The molecule has 0 fully saturated rings. The zero-order valence-corrected chi connectivity index (χ0v) is 7.93. The Bertz CT molecular complexity index is 301. The van der Waals surface area contributed by atoms with Crippen molar-refractivity contribution in [2.45, 2.75) is 0 Å². The highest BCUT2D eigenvalue weighted by Crippen LogP contribution is 2.15. The van der Waals surface area contributed by atoms with Gasteiger partial charge in [0.1, 0.15) is 0 Å².